The van der Waals surface area contributed by atoms with Gasteiger partial charge in [-0.15, -0.1) is 0 Å². The maximum atomic E-state index is 12.1. The molecular weight excluding hydrogens is 242 g/mol. The van der Waals surface area contributed by atoms with Gasteiger partial charge in [-0.3, -0.25) is 9.69 Å². The van der Waals surface area contributed by atoms with Crippen LogP contribution in [0.25, 0.3) is 0 Å². The summed E-state index contributed by atoms with van der Waals surface area (Å²) in [4.78, 5) is 14.3. The molecule has 1 aliphatic heterocycles. The van der Waals surface area contributed by atoms with Crippen molar-refractivity contribution in [3.05, 3.63) is 0 Å². The average molecular weight is 271 g/mol. The number of ether oxygens (including phenoxy) is 1. The van der Waals surface area contributed by atoms with Gasteiger partial charge < -0.3 is 15.8 Å². The third-order valence-corrected chi connectivity index (χ3v) is 3.53. The van der Waals surface area contributed by atoms with Crippen molar-refractivity contribution < 1.29 is 9.53 Å². The van der Waals surface area contributed by atoms with Crippen LogP contribution in [0.15, 0.2) is 0 Å². The average Bonchev–Trinajstić information content (AvgIpc) is 2.36. The van der Waals surface area contributed by atoms with Crippen LogP contribution < -0.4 is 11.1 Å². The van der Waals surface area contributed by atoms with Crippen LogP contribution in [0.4, 0.5) is 0 Å². The smallest absolute Gasteiger partial charge is 0.237 e. The Morgan fingerprint density at radius 2 is 2.26 bits per heavy atom. The first-order chi connectivity index (χ1) is 8.89. The van der Waals surface area contributed by atoms with E-state index < -0.39 is 0 Å². The minimum Gasteiger partial charge on any atom is -0.368 e. The van der Waals surface area contributed by atoms with Crippen molar-refractivity contribution in [1.82, 2.24) is 10.2 Å². The zero-order chi connectivity index (χ0) is 14.5. The highest BCUT2D eigenvalue weighted by Gasteiger charge is 2.36. The van der Waals surface area contributed by atoms with Crippen LogP contribution in [0, 0.1) is 0 Å². The lowest BCUT2D eigenvalue weighted by atomic mass is 10.0. The molecular formula is C14H29N3O2. The molecule has 0 aromatic heterocycles. The Labute approximate surface area is 116 Å². The molecule has 0 radical (unpaired) electrons. The topological polar surface area (TPSA) is 67.6 Å². The van der Waals surface area contributed by atoms with E-state index in [-0.39, 0.29) is 23.7 Å². The van der Waals surface area contributed by atoms with Crippen LogP contribution in [0.1, 0.15) is 40.5 Å². The summed E-state index contributed by atoms with van der Waals surface area (Å²) in [6, 6.07) is -0.130. The van der Waals surface area contributed by atoms with E-state index in [9.17, 15) is 4.79 Å². The van der Waals surface area contributed by atoms with Crippen molar-refractivity contribution in [3.63, 3.8) is 0 Å². The van der Waals surface area contributed by atoms with Crippen LogP contribution in [0.3, 0.4) is 0 Å². The minimum atomic E-state index is -0.250. The van der Waals surface area contributed by atoms with Crippen LogP contribution in [0.5, 0.6) is 0 Å². The van der Waals surface area contributed by atoms with Gasteiger partial charge in [-0.05, 0) is 27.2 Å². The highest BCUT2D eigenvalue weighted by molar-refractivity contribution is 5.81. The van der Waals surface area contributed by atoms with Gasteiger partial charge in [0.1, 0.15) is 0 Å². The van der Waals surface area contributed by atoms with E-state index in [1.54, 1.807) is 0 Å². The predicted octanol–water partition coefficient (Wildman–Crippen LogP) is 0.729. The number of unbranched alkanes of at least 4 members (excludes halogenated alkanes) is 1. The molecule has 5 nitrogen and oxygen atoms in total. The third-order valence-electron chi connectivity index (χ3n) is 3.53. The first-order valence-electron chi connectivity index (χ1n) is 7.29. The number of hydrogen-bond donors (Lipinski definition) is 2. The zero-order valence-electron chi connectivity index (χ0n) is 12.7. The van der Waals surface area contributed by atoms with Gasteiger partial charge in [0.25, 0.3) is 0 Å². The second-order valence-electron chi connectivity index (χ2n) is 5.99. The molecule has 1 aliphatic rings. The van der Waals surface area contributed by atoms with Gasteiger partial charge in [-0.1, -0.05) is 13.3 Å². The fourth-order valence-electron chi connectivity index (χ4n) is 2.46. The Morgan fingerprint density at radius 1 is 1.58 bits per heavy atom. The van der Waals surface area contributed by atoms with Gasteiger partial charge in [-0.2, -0.15) is 0 Å². The lowest BCUT2D eigenvalue weighted by Crippen LogP contribution is -2.59. The van der Waals surface area contributed by atoms with Crippen molar-refractivity contribution in [2.24, 2.45) is 5.73 Å². The molecule has 19 heavy (non-hydrogen) atoms. The molecule has 1 rings (SSSR count). The SMILES string of the molecule is CCCCNC(=O)C(C)N1CC(CN)OC(C)(C)C1. The third kappa shape index (κ3) is 5.09. The lowest BCUT2D eigenvalue weighted by Gasteiger charge is -2.44. The normalized spacial score (nSPS) is 25.0. The van der Waals surface area contributed by atoms with Crippen LogP contribution >= 0.6 is 0 Å². The number of nitrogens with zero attached hydrogens (tertiary/aromatic N) is 1. The number of morpholine rings is 1. The Bertz CT molecular complexity index is 294. The summed E-state index contributed by atoms with van der Waals surface area (Å²) in [5.41, 5.74) is 5.46. The van der Waals surface area contributed by atoms with E-state index >= 15 is 0 Å². The van der Waals surface area contributed by atoms with E-state index in [0.717, 1.165) is 32.5 Å². The first-order valence-corrected chi connectivity index (χ1v) is 7.29. The van der Waals surface area contributed by atoms with Gasteiger partial charge in [0.05, 0.1) is 17.7 Å². The first kappa shape index (κ1) is 16.4. The highest BCUT2D eigenvalue weighted by Crippen LogP contribution is 2.22. The standard InChI is InChI=1S/C14H29N3O2/c1-5-6-7-16-13(18)11(2)17-9-12(8-15)19-14(3,4)10-17/h11-12H,5-10,15H2,1-4H3,(H,16,18). The van der Waals surface area contributed by atoms with Crippen LogP contribution in [-0.4, -0.2) is 54.7 Å². The fraction of sp³-hybridized carbons (Fsp3) is 0.929. The number of nitrogens with two attached hydrogens (primary N) is 1. The summed E-state index contributed by atoms with van der Waals surface area (Å²) >= 11 is 0. The summed E-state index contributed by atoms with van der Waals surface area (Å²) in [5, 5.41) is 2.99. The predicted molar refractivity (Wildman–Crippen MR) is 77.0 cm³/mol. The van der Waals surface area contributed by atoms with E-state index in [1.165, 1.54) is 0 Å². The van der Waals surface area contributed by atoms with Gasteiger partial charge in [0.2, 0.25) is 5.91 Å². The van der Waals surface area contributed by atoms with Gasteiger partial charge in [-0.25, -0.2) is 0 Å². The number of carbonyl (C=O) groups is 1. The monoisotopic (exact) mass is 271 g/mol. The van der Waals surface area contributed by atoms with E-state index in [4.69, 9.17) is 10.5 Å². The number of rotatable bonds is 6. The molecule has 1 heterocycles. The Balaban J connectivity index is 2.54. The summed E-state index contributed by atoms with van der Waals surface area (Å²) in [7, 11) is 0. The minimum absolute atomic E-state index is 0.00893. The summed E-state index contributed by atoms with van der Waals surface area (Å²) < 4.78 is 5.88. The molecule has 0 spiro atoms. The molecule has 0 bridgehead atoms. The molecule has 5 heteroatoms. The molecule has 0 aromatic rings. The maximum Gasteiger partial charge on any atom is 0.237 e. The number of hydrogen-bond acceptors (Lipinski definition) is 4. The molecule has 112 valence electrons. The number of carbonyl (C=O) groups excluding carboxylic acids is 1. The number of nitrogens with one attached hydrogen (secondary N) is 1. The molecule has 1 saturated heterocycles. The lowest BCUT2D eigenvalue weighted by molar-refractivity contribution is -0.149. The van der Waals surface area contributed by atoms with Crippen molar-refractivity contribution >= 4 is 5.91 Å². The molecule has 0 aromatic carbocycles. The Kier molecular flexibility index (Phi) is 6.23. The molecule has 0 saturated carbocycles. The Hall–Kier alpha value is -0.650. The summed E-state index contributed by atoms with van der Waals surface area (Å²) in [5.74, 6) is 0.0990. The van der Waals surface area contributed by atoms with Gasteiger partial charge in [0, 0.05) is 26.2 Å². The zero-order valence-corrected chi connectivity index (χ0v) is 12.7. The summed E-state index contributed by atoms with van der Waals surface area (Å²) in [6.07, 6.45) is 2.13. The fourth-order valence-corrected chi connectivity index (χ4v) is 2.46. The maximum absolute atomic E-state index is 12.1. The van der Waals surface area contributed by atoms with Crippen molar-refractivity contribution in [3.8, 4) is 0 Å². The quantitative estimate of drug-likeness (QED) is 0.699. The molecule has 1 fully saturated rings. The summed E-state index contributed by atoms with van der Waals surface area (Å²) in [6.45, 7) is 10.9. The second kappa shape index (κ2) is 7.22. The molecule has 3 N–H and O–H groups in total. The molecule has 1 amide bonds. The van der Waals surface area contributed by atoms with Gasteiger partial charge in [0.15, 0.2) is 0 Å². The van der Waals surface area contributed by atoms with E-state index in [2.05, 4.69) is 17.1 Å². The van der Waals surface area contributed by atoms with Gasteiger partial charge >= 0.3 is 0 Å². The largest absolute Gasteiger partial charge is 0.368 e. The molecule has 2 unspecified atom stereocenters. The van der Waals surface area contributed by atoms with E-state index in [0.29, 0.717) is 6.54 Å². The Morgan fingerprint density at radius 3 is 2.84 bits per heavy atom. The van der Waals surface area contributed by atoms with Crippen molar-refractivity contribution in [2.75, 3.05) is 26.2 Å². The van der Waals surface area contributed by atoms with Crippen molar-refractivity contribution in [1.29, 1.82) is 0 Å². The second-order valence-corrected chi connectivity index (χ2v) is 5.99. The molecule has 2 atom stereocenters. The van der Waals surface area contributed by atoms with Crippen molar-refractivity contribution in [2.45, 2.75) is 58.3 Å². The highest BCUT2D eigenvalue weighted by atomic mass is 16.5. The number of amides is 1. The van der Waals surface area contributed by atoms with E-state index in [1.807, 2.05) is 20.8 Å². The van der Waals surface area contributed by atoms with Crippen LogP contribution in [0.2, 0.25) is 0 Å². The molecule has 0 aliphatic carbocycles. The van der Waals surface area contributed by atoms with Crippen LogP contribution in [-0.2, 0) is 9.53 Å².